The molecular formula is C13H17Cl2N3O. The molecule has 2 saturated heterocycles. The van der Waals surface area contributed by atoms with Crippen molar-refractivity contribution in [1.82, 2.24) is 10.2 Å². The maximum atomic E-state index is 12.1. The van der Waals surface area contributed by atoms with E-state index in [0.29, 0.717) is 16.9 Å². The first-order valence-corrected chi connectivity index (χ1v) is 6.62. The Morgan fingerprint density at radius 1 is 1.21 bits per heavy atom. The number of urea groups is 1. The van der Waals surface area contributed by atoms with E-state index in [1.54, 1.807) is 12.1 Å². The second-order valence-corrected chi connectivity index (χ2v) is 5.46. The van der Waals surface area contributed by atoms with Gasteiger partial charge in [0.25, 0.3) is 0 Å². The Bertz CT molecular complexity index is 440. The lowest BCUT2D eigenvalue weighted by Crippen LogP contribution is -2.35. The number of carbonyl (C=O) groups excluding carboxylic acids is 1. The van der Waals surface area contributed by atoms with Crippen LogP contribution in [0, 0.1) is 11.8 Å². The number of fused-ring (bicyclic) bond motifs is 1. The van der Waals surface area contributed by atoms with Gasteiger partial charge in [0.15, 0.2) is 0 Å². The van der Waals surface area contributed by atoms with Gasteiger partial charge in [-0.1, -0.05) is 11.6 Å². The van der Waals surface area contributed by atoms with Crippen LogP contribution in [0.1, 0.15) is 0 Å². The summed E-state index contributed by atoms with van der Waals surface area (Å²) in [4.78, 5) is 14.0. The fourth-order valence-electron chi connectivity index (χ4n) is 2.76. The average molecular weight is 302 g/mol. The lowest BCUT2D eigenvalue weighted by molar-refractivity contribution is 0.219. The van der Waals surface area contributed by atoms with E-state index >= 15 is 0 Å². The second kappa shape index (κ2) is 5.99. The quantitative estimate of drug-likeness (QED) is 0.837. The maximum absolute atomic E-state index is 12.1. The van der Waals surface area contributed by atoms with Crippen LogP contribution in [0.3, 0.4) is 0 Å². The highest BCUT2D eigenvalue weighted by Gasteiger charge is 2.37. The molecule has 4 nitrogen and oxygen atoms in total. The van der Waals surface area contributed by atoms with Gasteiger partial charge in [-0.05, 0) is 36.1 Å². The maximum Gasteiger partial charge on any atom is 0.321 e. The summed E-state index contributed by atoms with van der Waals surface area (Å²) < 4.78 is 0. The van der Waals surface area contributed by atoms with Crippen molar-refractivity contribution >= 4 is 35.7 Å². The van der Waals surface area contributed by atoms with Gasteiger partial charge in [0.05, 0.1) is 0 Å². The van der Waals surface area contributed by atoms with Crippen LogP contribution in [0.25, 0.3) is 0 Å². The van der Waals surface area contributed by atoms with Gasteiger partial charge in [-0.25, -0.2) is 4.79 Å². The molecule has 3 rings (SSSR count). The first-order chi connectivity index (χ1) is 8.72. The van der Waals surface area contributed by atoms with Crippen LogP contribution in [0.4, 0.5) is 10.5 Å². The number of likely N-dealkylation sites (tertiary alicyclic amines) is 1. The number of nitrogens with zero attached hydrogens (tertiary/aromatic N) is 1. The summed E-state index contributed by atoms with van der Waals surface area (Å²) in [5.41, 5.74) is 0.791. The molecule has 2 amide bonds. The molecule has 2 aliphatic heterocycles. The van der Waals surface area contributed by atoms with Crippen LogP contribution in [-0.4, -0.2) is 37.1 Å². The zero-order chi connectivity index (χ0) is 12.5. The van der Waals surface area contributed by atoms with E-state index in [1.807, 2.05) is 17.0 Å². The van der Waals surface area contributed by atoms with Crippen molar-refractivity contribution in [2.45, 2.75) is 0 Å². The first-order valence-electron chi connectivity index (χ1n) is 6.24. The zero-order valence-electron chi connectivity index (χ0n) is 10.4. The topological polar surface area (TPSA) is 44.4 Å². The monoisotopic (exact) mass is 301 g/mol. The van der Waals surface area contributed by atoms with Gasteiger partial charge in [0, 0.05) is 36.9 Å². The molecule has 1 aromatic carbocycles. The molecule has 0 aliphatic carbocycles. The number of hydrogen-bond donors (Lipinski definition) is 2. The summed E-state index contributed by atoms with van der Waals surface area (Å²) in [7, 11) is 0. The van der Waals surface area contributed by atoms with Crippen LogP contribution in [0.15, 0.2) is 24.3 Å². The molecule has 0 aromatic heterocycles. The Morgan fingerprint density at radius 2 is 1.79 bits per heavy atom. The Labute approximate surface area is 123 Å². The fourth-order valence-corrected chi connectivity index (χ4v) is 2.88. The average Bonchev–Trinajstić information content (AvgIpc) is 2.92. The number of halogens is 2. The lowest BCUT2D eigenvalue weighted by Gasteiger charge is -2.18. The molecular weight excluding hydrogens is 285 g/mol. The smallest absolute Gasteiger partial charge is 0.321 e. The Balaban J connectivity index is 0.00000133. The molecule has 2 heterocycles. The Kier molecular flexibility index (Phi) is 4.55. The van der Waals surface area contributed by atoms with Crippen molar-refractivity contribution < 1.29 is 4.79 Å². The third-order valence-corrected chi connectivity index (χ3v) is 4.02. The van der Waals surface area contributed by atoms with Gasteiger partial charge >= 0.3 is 6.03 Å². The van der Waals surface area contributed by atoms with E-state index in [1.165, 1.54) is 0 Å². The Morgan fingerprint density at radius 3 is 2.37 bits per heavy atom. The summed E-state index contributed by atoms with van der Waals surface area (Å²) in [6.07, 6.45) is 0. The van der Waals surface area contributed by atoms with Gasteiger partial charge in [0.1, 0.15) is 0 Å². The van der Waals surface area contributed by atoms with Crippen LogP contribution in [0.2, 0.25) is 5.02 Å². The van der Waals surface area contributed by atoms with Gasteiger partial charge in [-0.2, -0.15) is 0 Å². The van der Waals surface area contributed by atoms with Crippen molar-refractivity contribution in [3.63, 3.8) is 0 Å². The lowest BCUT2D eigenvalue weighted by atomic mass is 10.0. The highest BCUT2D eigenvalue weighted by atomic mass is 35.5. The fraction of sp³-hybridized carbons (Fsp3) is 0.462. The Hall–Kier alpha value is -0.970. The minimum Gasteiger partial charge on any atom is -0.324 e. The normalized spacial score (nSPS) is 24.8. The molecule has 0 bridgehead atoms. The summed E-state index contributed by atoms with van der Waals surface area (Å²) >= 11 is 5.81. The highest BCUT2D eigenvalue weighted by molar-refractivity contribution is 6.30. The number of amides is 2. The molecule has 2 unspecified atom stereocenters. The molecule has 1 aromatic rings. The molecule has 2 fully saturated rings. The van der Waals surface area contributed by atoms with Gasteiger partial charge < -0.3 is 15.5 Å². The predicted molar refractivity (Wildman–Crippen MR) is 79.1 cm³/mol. The van der Waals surface area contributed by atoms with Crippen molar-refractivity contribution in [2.75, 3.05) is 31.5 Å². The molecule has 0 spiro atoms. The van der Waals surface area contributed by atoms with E-state index < -0.39 is 0 Å². The van der Waals surface area contributed by atoms with Gasteiger partial charge in [-0.3, -0.25) is 0 Å². The van der Waals surface area contributed by atoms with Crippen LogP contribution < -0.4 is 10.6 Å². The number of anilines is 1. The molecule has 0 saturated carbocycles. The largest absolute Gasteiger partial charge is 0.324 e. The molecule has 104 valence electrons. The zero-order valence-corrected chi connectivity index (χ0v) is 12.0. The predicted octanol–water partition coefficient (Wildman–Crippen LogP) is 2.44. The molecule has 2 N–H and O–H groups in total. The number of hydrogen-bond acceptors (Lipinski definition) is 2. The number of carbonyl (C=O) groups is 1. The van der Waals surface area contributed by atoms with E-state index in [2.05, 4.69) is 10.6 Å². The van der Waals surface area contributed by atoms with E-state index in [0.717, 1.165) is 31.9 Å². The van der Waals surface area contributed by atoms with Gasteiger partial charge in [-0.15, -0.1) is 12.4 Å². The standard InChI is InChI=1S/C13H16ClN3O.ClH/c14-11-1-3-12(4-2-11)16-13(18)17-7-9-5-15-6-10(9)8-17;/h1-4,9-10,15H,5-8H2,(H,16,18);1H. The van der Waals surface area contributed by atoms with Crippen LogP contribution in [-0.2, 0) is 0 Å². The molecule has 19 heavy (non-hydrogen) atoms. The number of nitrogens with one attached hydrogen (secondary N) is 2. The molecule has 0 radical (unpaired) electrons. The van der Waals surface area contributed by atoms with Crippen molar-refractivity contribution in [3.8, 4) is 0 Å². The summed E-state index contributed by atoms with van der Waals surface area (Å²) in [5, 5.41) is 6.95. The van der Waals surface area contributed by atoms with Gasteiger partial charge in [0.2, 0.25) is 0 Å². The number of rotatable bonds is 1. The molecule has 2 atom stereocenters. The van der Waals surface area contributed by atoms with E-state index in [-0.39, 0.29) is 18.4 Å². The minimum atomic E-state index is -0.00766. The third kappa shape index (κ3) is 3.14. The first kappa shape index (κ1) is 14.4. The third-order valence-electron chi connectivity index (χ3n) is 3.77. The SMILES string of the molecule is Cl.O=C(Nc1ccc(Cl)cc1)N1CC2CNCC2C1. The van der Waals surface area contributed by atoms with E-state index in [9.17, 15) is 4.79 Å². The van der Waals surface area contributed by atoms with E-state index in [4.69, 9.17) is 11.6 Å². The minimum absolute atomic E-state index is 0. The van der Waals surface area contributed by atoms with Crippen molar-refractivity contribution in [1.29, 1.82) is 0 Å². The summed E-state index contributed by atoms with van der Waals surface area (Å²) in [6.45, 7) is 3.79. The summed E-state index contributed by atoms with van der Waals surface area (Å²) in [5.74, 6) is 1.25. The summed E-state index contributed by atoms with van der Waals surface area (Å²) in [6, 6.07) is 7.18. The van der Waals surface area contributed by atoms with Crippen molar-refractivity contribution in [2.24, 2.45) is 11.8 Å². The molecule has 6 heteroatoms. The number of benzene rings is 1. The van der Waals surface area contributed by atoms with Crippen molar-refractivity contribution in [3.05, 3.63) is 29.3 Å². The van der Waals surface area contributed by atoms with Crippen LogP contribution >= 0.6 is 24.0 Å². The van der Waals surface area contributed by atoms with Crippen LogP contribution in [0.5, 0.6) is 0 Å². The molecule has 2 aliphatic rings. The second-order valence-electron chi connectivity index (χ2n) is 5.02. The highest BCUT2D eigenvalue weighted by Crippen LogP contribution is 2.26.